The molecule has 1 rings (SSSR count). The van der Waals surface area contributed by atoms with Crippen molar-refractivity contribution in [1.82, 2.24) is 5.32 Å². The largest absolute Gasteiger partial charge is 0.315 e. The Morgan fingerprint density at radius 3 is 2.73 bits per heavy atom. The lowest BCUT2D eigenvalue weighted by molar-refractivity contribution is 0.531. The quantitative estimate of drug-likeness (QED) is 0.830. The third-order valence-corrected chi connectivity index (χ3v) is 3.01. The van der Waals surface area contributed by atoms with Crippen molar-refractivity contribution >= 4 is 23.2 Å². The minimum atomic E-state index is 0.519. The summed E-state index contributed by atoms with van der Waals surface area (Å²) in [7, 11) is 0. The second-order valence-electron chi connectivity index (χ2n) is 3.73. The highest BCUT2D eigenvalue weighted by atomic mass is 35.5. The molecule has 0 bridgehead atoms. The molecule has 0 saturated heterocycles. The molecule has 0 saturated carbocycles. The molecule has 1 unspecified atom stereocenters. The molecule has 84 valence electrons. The van der Waals surface area contributed by atoms with Gasteiger partial charge in [0, 0.05) is 16.1 Å². The first-order valence-corrected chi connectivity index (χ1v) is 6.06. The predicted molar refractivity (Wildman–Crippen MR) is 67.9 cm³/mol. The van der Waals surface area contributed by atoms with Gasteiger partial charge in [0.15, 0.2) is 0 Å². The summed E-state index contributed by atoms with van der Waals surface area (Å²) in [5.41, 5.74) is 1.13. The van der Waals surface area contributed by atoms with Gasteiger partial charge in [-0.2, -0.15) is 0 Å². The number of aryl methyl sites for hydroxylation is 1. The van der Waals surface area contributed by atoms with E-state index in [0.29, 0.717) is 6.04 Å². The fourth-order valence-electron chi connectivity index (χ4n) is 1.56. The van der Waals surface area contributed by atoms with Gasteiger partial charge in [0.2, 0.25) is 0 Å². The molecule has 15 heavy (non-hydrogen) atoms. The number of benzene rings is 1. The van der Waals surface area contributed by atoms with E-state index in [9.17, 15) is 0 Å². The summed E-state index contributed by atoms with van der Waals surface area (Å²) in [5.74, 6) is 0. The van der Waals surface area contributed by atoms with Crippen LogP contribution in [0.2, 0.25) is 10.0 Å². The fourth-order valence-corrected chi connectivity index (χ4v) is 1.96. The first kappa shape index (κ1) is 12.8. The van der Waals surface area contributed by atoms with Crippen molar-refractivity contribution in [1.29, 1.82) is 0 Å². The number of nitrogens with one attached hydrogen (secondary N) is 1. The Labute approximate surface area is 102 Å². The normalized spacial score (nSPS) is 12.8. The Kier molecular flexibility index (Phi) is 5.44. The van der Waals surface area contributed by atoms with E-state index in [1.165, 1.54) is 0 Å². The maximum absolute atomic E-state index is 6.08. The fraction of sp³-hybridized carbons (Fsp3) is 0.500. The Bertz CT molecular complexity index is 312. The van der Waals surface area contributed by atoms with Gasteiger partial charge in [-0.25, -0.2) is 0 Å². The minimum absolute atomic E-state index is 0.519. The highest BCUT2D eigenvalue weighted by molar-refractivity contribution is 6.33. The molecule has 1 atom stereocenters. The van der Waals surface area contributed by atoms with Gasteiger partial charge in [-0.1, -0.05) is 30.1 Å². The van der Waals surface area contributed by atoms with Gasteiger partial charge in [-0.3, -0.25) is 0 Å². The molecule has 0 amide bonds. The first-order valence-electron chi connectivity index (χ1n) is 5.30. The molecule has 1 nitrogen and oxygen atoms in total. The highest BCUT2D eigenvalue weighted by Crippen LogP contribution is 2.22. The molecular formula is C12H17Cl2N. The van der Waals surface area contributed by atoms with Crippen molar-refractivity contribution < 1.29 is 0 Å². The van der Waals surface area contributed by atoms with E-state index in [0.717, 1.165) is 35.0 Å². The van der Waals surface area contributed by atoms with E-state index < -0.39 is 0 Å². The topological polar surface area (TPSA) is 12.0 Å². The molecule has 0 fully saturated rings. The van der Waals surface area contributed by atoms with Crippen molar-refractivity contribution in [2.75, 3.05) is 6.54 Å². The molecule has 0 radical (unpaired) electrons. The van der Waals surface area contributed by atoms with Gasteiger partial charge in [-0.05, 0) is 50.1 Å². The summed E-state index contributed by atoms with van der Waals surface area (Å²) < 4.78 is 0. The van der Waals surface area contributed by atoms with Crippen molar-refractivity contribution in [2.24, 2.45) is 0 Å². The third-order valence-electron chi connectivity index (χ3n) is 2.41. The van der Waals surface area contributed by atoms with Gasteiger partial charge in [0.1, 0.15) is 0 Å². The average molecular weight is 246 g/mol. The second kappa shape index (κ2) is 6.37. The van der Waals surface area contributed by atoms with E-state index >= 15 is 0 Å². The van der Waals surface area contributed by atoms with Crippen LogP contribution in [0.3, 0.4) is 0 Å². The van der Waals surface area contributed by atoms with Crippen LogP contribution < -0.4 is 5.32 Å². The van der Waals surface area contributed by atoms with Crippen LogP contribution in [0.4, 0.5) is 0 Å². The van der Waals surface area contributed by atoms with Crippen LogP contribution in [0.5, 0.6) is 0 Å². The minimum Gasteiger partial charge on any atom is -0.315 e. The van der Waals surface area contributed by atoms with Crippen LogP contribution in [0.15, 0.2) is 18.2 Å². The SMILES string of the molecule is CCNC(C)CCc1cc(Cl)ccc1Cl. The predicted octanol–water partition coefficient (Wildman–Crippen LogP) is 3.92. The van der Waals surface area contributed by atoms with E-state index in [1.807, 2.05) is 18.2 Å². The Balaban J connectivity index is 2.53. The molecule has 0 aromatic heterocycles. The van der Waals surface area contributed by atoms with E-state index in [-0.39, 0.29) is 0 Å². The summed E-state index contributed by atoms with van der Waals surface area (Å²) in [4.78, 5) is 0. The molecule has 3 heteroatoms. The van der Waals surface area contributed by atoms with Gasteiger partial charge in [-0.15, -0.1) is 0 Å². The van der Waals surface area contributed by atoms with E-state index in [2.05, 4.69) is 19.2 Å². The molecule has 1 aromatic rings. The number of halogens is 2. The van der Waals surface area contributed by atoms with E-state index in [4.69, 9.17) is 23.2 Å². The van der Waals surface area contributed by atoms with Crippen LogP contribution in [0.25, 0.3) is 0 Å². The zero-order valence-corrected chi connectivity index (χ0v) is 10.7. The zero-order valence-electron chi connectivity index (χ0n) is 9.19. The first-order chi connectivity index (χ1) is 7.13. The monoisotopic (exact) mass is 245 g/mol. The van der Waals surface area contributed by atoms with Crippen molar-refractivity contribution in [3.63, 3.8) is 0 Å². The van der Waals surface area contributed by atoms with Gasteiger partial charge >= 0.3 is 0 Å². The molecule has 0 aliphatic heterocycles. The summed E-state index contributed by atoms with van der Waals surface area (Å²) in [6.07, 6.45) is 2.04. The molecule has 0 spiro atoms. The Morgan fingerprint density at radius 1 is 1.33 bits per heavy atom. The van der Waals surface area contributed by atoms with Crippen molar-refractivity contribution in [2.45, 2.75) is 32.7 Å². The zero-order chi connectivity index (χ0) is 11.3. The number of hydrogen-bond donors (Lipinski definition) is 1. The standard InChI is InChI=1S/C12H17Cl2N/c1-3-15-9(2)4-5-10-8-11(13)6-7-12(10)14/h6-9,15H,3-5H2,1-2H3. The lowest BCUT2D eigenvalue weighted by atomic mass is 10.1. The van der Waals surface area contributed by atoms with Crippen LogP contribution in [-0.2, 0) is 6.42 Å². The smallest absolute Gasteiger partial charge is 0.0439 e. The maximum atomic E-state index is 6.08. The molecular weight excluding hydrogens is 229 g/mol. The number of rotatable bonds is 5. The summed E-state index contributed by atoms with van der Waals surface area (Å²) in [5, 5.41) is 4.94. The van der Waals surface area contributed by atoms with Gasteiger partial charge in [0.25, 0.3) is 0 Å². The molecule has 0 heterocycles. The molecule has 1 N–H and O–H groups in total. The van der Waals surface area contributed by atoms with Crippen LogP contribution >= 0.6 is 23.2 Å². The van der Waals surface area contributed by atoms with Gasteiger partial charge in [0.05, 0.1) is 0 Å². The van der Waals surface area contributed by atoms with Crippen LogP contribution in [0, 0.1) is 0 Å². The Hall–Kier alpha value is -0.240. The van der Waals surface area contributed by atoms with Crippen molar-refractivity contribution in [3.05, 3.63) is 33.8 Å². The lowest BCUT2D eigenvalue weighted by Gasteiger charge is -2.12. The highest BCUT2D eigenvalue weighted by Gasteiger charge is 2.04. The molecule has 0 aliphatic rings. The second-order valence-corrected chi connectivity index (χ2v) is 4.58. The molecule has 0 aliphatic carbocycles. The van der Waals surface area contributed by atoms with Crippen molar-refractivity contribution in [3.8, 4) is 0 Å². The van der Waals surface area contributed by atoms with Crippen LogP contribution in [-0.4, -0.2) is 12.6 Å². The summed E-state index contributed by atoms with van der Waals surface area (Å²) in [6, 6.07) is 6.14. The summed E-state index contributed by atoms with van der Waals surface area (Å²) in [6.45, 7) is 5.30. The van der Waals surface area contributed by atoms with Crippen LogP contribution in [0.1, 0.15) is 25.8 Å². The maximum Gasteiger partial charge on any atom is 0.0439 e. The Morgan fingerprint density at radius 2 is 2.07 bits per heavy atom. The molecule has 1 aromatic carbocycles. The third kappa shape index (κ3) is 4.42. The van der Waals surface area contributed by atoms with Gasteiger partial charge < -0.3 is 5.32 Å². The average Bonchev–Trinajstić information content (AvgIpc) is 2.20. The number of hydrogen-bond acceptors (Lipinski definition) is 1. The lowest BCUT2D eigenvalue weighted by Crippen LogP contribution is -2.25. The van der Waals surface area contributed by atoms with E-state index in [1.54, 1.807) is 0 Å². The summed E-state index contributed by atoms with van der Waals surface area (Å²) >= 11 is 12.0.